The van der Waals surface area contributed by atoms with Crippen LogP contribution in [-0.4, -0.2) is 29.5 Å². The number of hydrogen-bond acceptors (Lipinski definition) is 5. The Hall–Kier alpha value is -3.06. The summed E-state index contributed by atoms with van der Waals surface area (Å²) in [6.07, 6.45) is 0. The Morgan fingerprint density at radius 3 is 2.38 bits per heavy atom. The standard InChI is InChI=1S/C16H13ClN2O5/c17-12-6-4-10(5-7-12)15(22)19-18-14(21)9-24-16(23)11-2-1-3-13(20)8-11/h1-8,20H,9H2,(H,18,21)(H,19,22). The molecule has 2 rings (SSSR count). The lowest BCUT2D eigenvalue weighted by Gasteiger charge is -2.08. The molecular formula is C16H13ClN2O5. The molecule has 2 amide bonds. The average molecular weight is 349 g/mol. The van der Waals surface area contributed by atoms with Crippen LogP contribution in [-0.2, 0) is 9.53 Å². The van der Waals surface area contributed by atoms with Crippen molar-refractivity contribution in [2.24, 2.45) is 0 Å². The van der Waals surface area contributed by atoms with Crippen molar-refractivity contribution in [2.75, 3.05) is 6.61 Å². The van der Waals surface area contributed by atoms with E-state index in [1.807, 2.05) is 0 Å². The van der Waals surface area contributed by atoms with Gasteiger partial charge in [-0.3, -0.25) is 20.4 Å². The highest BCUT2D eigenvalue weighted by atomic mass is 35.5. The molecule has 0 saturated carbocycles. The summed E-state index contributed by atoms with van der Waals surface area (Å²) < 4.78 is 4.77. The first-order valence-electron chi connectivity index (χ1n) is 6.76. The molecule has 0 aliphatic rings. The van der Waals surface area contributed by atoms with E-state index in [9.17, 15) is 19.5 Å². The molecule has 7 nitrogen and oxygen atoms in total. The lowest BCUT2D eigenvalue weighted by molar-refractivity contribution is -0.125. The maximum atomic E-state index is 11.8. The Morgan fingerprint density at radius 2 is 1.71 bits per heavy atom. The van der Waals surface area contributed by atoms with Crippen LogP contribution in [0.4, 0.5) is 0 Å². The SMILES string of the molecule is O=C(COC(=O)c1cccc(O)c1)NNC(=O)c1ccc(Cl)cc1. The van der Waals surface area contributed by atoms with Gasteiger partial charge in [-0.25, -0.2) is 4.79 Å². The molecule has 0 bridgehead atoms. The molecule has 0 heterocycles. The van der Waals surface area contributed by atoms with Crippen LogP contribution in [0, 0.1) is 0 Å². The van der Waals surface area contributed by atoms with Gasteiger partial charge in [-0.1, -0.05) is 17.7 Å². The van der Waals surface area contributed by atoms with Crippen LogP contribution >= 0.6 is 11.6 Å². The molecule has 0 unspecified atom stereocenters. The maximum Gasteiger partial charge on any atom is 0.338 e. The van der Waals surface area contributed by atoms with E-state index in [0.29, 0.717) is 10.6 Å². The molecular weight excluding hydrogens is 336 g/mol. The number of ether oxygens (including phenoxy) is 1. The predicted octanol–water partition coefficient (Wildman–Crippen LogP) is 1.66. The molecule has 0 radical (unpaired) electrons. The van der Waals surface area contributed by atoms with E-state index in [2.05, 4.69) is 10.9 Å². The number of benzene rings is 2. The Bertz CT molecular complexity index is 761. The molecule has 0 atom stereocenters. The van der Waals surface area contributed by atoms with E-state index in [1.165, 1.54) is 48.5 Å². The van der Waals surface area contributed by atoms with E-state index >= 15 is 0 Å². The third-order valence-electron chi connectivity index (χ3n) is 2.84. The van der Waals surface area contributed by atoms with Crippen LogP contribution in [0.25, 0.3) is 0 Å². The largest absolute Gasteiger partial charge is 0.508 e. The smallest absolute Gasteiger partial charge is 0.338 e. The van der Waals surface area contributed by atoms with Gasteiger partial charge in [-0.15, -0.1) is 0 Å². The van der Waals surface area contributed by atoms with E-state index in [0.717, 1.165) is 0 Å². The summed E-state index contributed by atoms with van der Waals surface area (Å²) in [7, 11) is 0. The van der Waals surface area contributed by atoms with Gasteiger partial charge in [-0.2, -0.15) is 0 Å². The summed E-state index contributed by atoms with van der Waals surface area (Å²) >= 11 is 5.71. The summed E-state index contributed by atoms with van der Waals surface area (Å²) in [5.41, 5.74) is 4.70. The molecule has 0 aromatic heterocycles. The monoisotopic (exact) mass is 348 g/mol. The fourth-order valence-corrected chi connectivity index (χ4v) is 1.81. The third-order valence-corrected chi connectivity index (χ3v) is 3.09. The highest BCUT2D eigenvalue weighted by Crippen LogP contribution is 2.11. The molecule has 2 aromatic rings. The molecule has 0 spiro atoms. The normalized spacial score (nSPS) is 9.88. The fraction of sp³-hybridized carbons (Fsp3) is 0.0625. The number of amides is 2. The summed E-state index contributed by atoms with van der Waals surface area (Å²) in [6.45, 7) is -0.588. The number of halogens is 1. The number of hydrogen-bond donors (Lipinski definition) is 3. The Labute approximate surface area is 142 Å². The minimum Gasteiger partial charge on any atom is -0.508 e. The van der Waals surface area contributed by atoms with Gasteiger partial charge in [0.1, 0.15) is 5.75 Å². The number of phenolic OH excluding ortho intramolecular Hbond substituents is 1. The quantitative estimate of drug-likeness (QED) is 0.576. The second-order valence-corrected chi connectivity index (χ2v) is 5.07. The fourth-order valence-electron chi connectivity index (χ4n) is 1.68. The van der Waals surface area contributed by atoms with Crippen LogP contribution in [0.15, 0.2) is 48.5 Å². The Balaban J connectivity index is 1.78. The van der Waals surface area contributed by atoms with Crippen LogP contribution in [0.3, 0.4) is 0 Å². The highest BCUT2D eigenvalue weighted by Gasteiger charge is 2.12. The first-order valence-corrected chi connectivity index (χ1v) is 7.14. The third kappa shape index (κ3) is 4.99. The first kappa shape index (κ1) is 17.3. The zero-order valence-electron chi connectivity index (χ0n) is 12.3. The topological polar surface area (TPSA) is 105 Å². The molecule has 2 aromatic carbocycles. The zero-order chi connectivity index (χ0) is 17.5. The van der Waals surface area contributed by atoms with Crippen molar-refractivity contribution in [1.82, 2.24) is 10.9 Å². The predicted molar refractivity (Wildman–Crippen MR) is 85.5 cm³/mol. The van der Waals surface area contributed by atoms with Crippen molar-refractivity contribution in [1.29, 1.82) is 0 Å². The van der Waals surface area contributed by atoms with Crippen LogP contribution in [0.1, 0.15) is 20.7 Å². The molecule has 8 heteroatoms. The summed E-state index contributed by atoms with van der Waals surface area (Å²) in [6, 6.07) is 11.6. The van der Waals surface area contributed by atoms with Gasteiger partial charge in [0.05, 0.1) is 5.56 Å². The van der Waals surface area contributed by atoms with Gasteiger partial charge in [-0.05, 0) is 42.5 Å². The van der Waals surface area contributed by atoms with Crippen molar-refractivity contribution in [3.8, 4) is 5.75 Å². The first-order chi connectivity index (χ1) is 11.5. The number of aromatic hydroxyl groups is 1. The molecule has 0 fully saturated rings. The molecule has 0 saturated heterocycles. The lowest BCUT2D eigenvalue weighted by Crippen LogP contribution is -2.43. The number of carbonyl (C=O) groups excluding carboxylic acids is 3. The van der Waals surface area contributed by atoms with E-state index in [1.54, 1.807) is 0 Å². The van der Waals surface area contributed by atoms with Crippen molar-refractivity contribution in [3.05, 3.63) is 64.7 Å². The summed E-state index contributed by atoms with van der Waals surface area (Å²) in [5.74, 6) is -2.13. The van der Waals surface area contributed by atoms with Gasteiger partial charge < -0.3 is 9.84 Å². The maximum absolute atomic E-state index is 11.8. The van der Waals surface area contributed by atoms with Gasteiger partial charge in [0.25, 0.3) is 11.8 Å². The van der Waals surface area contributed by atoms with E-state index in [-0.39, 0.29) is 11.3 Å². The average Bonchev–Trinajstić information content (AvgIpc) is 2.58. The van der Waals surface area contributed by atoms with Crippen LogP contribution in [0.5, 0.6) is 5.75 Å². The number of nitrogens with one attached hydrogen (secondary N) is 2. The number of carbonyl (C=O) groups is 3. The number of phenols is 1. The van der Waals surface area contributed by atoms with Gasteiger partial charge in [0, 0.05) is 10.6 Å². The summed E-state index contributed by atoms with van der Waals surface area (Å²) in [5, 5.41) is 9.75. The second kappa shape index (κ2) is 7.98. The van der Waals surface area contributed by atoms with Crippen molar-refractivity contribution in [3.63, 3.8) is 0 Å². The van der Waals surface area contributed by atoms with Gasteiger partial charge >= 0.3 is 5.97 Å². The number of rotatable bonds is 4. The molecule has 24 heavy (non-hydrogen) atoms. The highest BCUT2D eigenvalue weighted by molar-refractivity contribution is 6.30. The van der Waals surface area contributed by atoms with Gasteiger partial charge in [0.15, 0.2) is 6.61 Å². The van der Waals surface area contributed by atoms with Crippen molar-refractivity contribution in [2.45, 2.75) is 0 Å². The molecule has 124 valence electrons. The number of esters is 1. The molecule has 0 aliphatic carbocycles. The minimum atomic E-state index is -0.773. The zero-order valence-corrected chi connectivity index (χ0v) is 13.0. The van der Waals surface area contributed by atoms with Crippen molar-refractivity contribution < 1.29 is 24.2 Å². The van der Waals surface area contributed by atoms with Crippen LogP contribution in [0.2, 0.25) is 5.02 Å². The Morgan fingerprint density at radius 1 is 1.00 bits per heavy atom. The van der Waals surface area contributed by atoms with E-state index in [4.69, 9.17) is 16.3 Å². The minimum absolute atomic E-state index is 0.0934. The molecule has 3 N–H and O–H groups in total. The lowest BCUT2D eigenvalue weighted by atomic mass is 10.2. The van der Waals surface area contributed by atoms with E-state index < -0.39 is 24.4 Å². The van der Waals surface area contributed by atoms with Gasteiger partial charge in [0.2, 0.25) is 0 Å². The van der Waals surface area contributed by atoms with Crippen molar-refractivity contribution >= 4 is 29.4 Å². The Kier molecular flexibility index (Phi) is 5.75. The van der Waals surface area contributed by atoms with Crippen LogP contribution < -0.4 is 10.9 Å². The number of hydrazine groups is 1. The molecule has 0 aliphatic heterocycles. The summed E-state index contributed by atoms with van der Waals surface area (Å²) in [4.78, 5) is 35.0. The second-order valence-electron chi connectivity index (χ2n) is 4.64.